The molecule has 1 N–H and O–H groups in total. The van der Waals surface area contributed by atoms with Crippen molar-refractivity contribution < 1.29 is 14.6 Å². The predicted octanol–water partition coefficient (Wildman–Crippen LogP) is 2.65. The van der Waals surface area contributed by atoms with Gasteiger partial charge in [-0.25, -0.2) is 0 Å². The first kappa shape index (κ1) is 16.8. The van der Waals surface area contributed by atoms with Crippen LogP contribution in [-0.2, 0) is 17.9 Å². The van der Waals surface area contributed by atoms with E-state index in [1.165, 1.54) is 5.56 Å². The minimum absolute atomic E-state index is 0.0615. The second kappa shape index (κ2) is 8.20. The summed E-state index contributed by atoms with van der Waals surface area (Å²) in [6, 6.07) is 17.5. The summed E-state index contributed by atoms with van der Waals surface area (Å²) >= 11 is 0. The summed E-state index contributed by atoms with van der Waals surface area (Å²) in [5.41, 5.74) is 2.86. The molecule has 1 saturated heterocycles. The number of ketones is 1. The van der Waals surface area contributed by atoms with Gasteiger partial charge in [0.25, 0.3) is 0 Å². The van der Waals surface area contributed by atoms with Crippen molar-refractivity contribution >= 4 is 5.78 Å². The third-order valence-electron chi connectivity index (χ3n) is 4.46. The van der Waals surface area contributed by atoms with Crippen LogP contribution in [0.3, 0.4) is 0 Å². The standard InChI is InChI=1S/C20H23NO3/c22-14-17-8-6-16(7-9-17)13-21-10-11-24-15-19(21)12-20(23)18-4-2-1-3-5-18/h1-9,19,22H,10-15H2. The molecule has 2 aromatic rings. The number of morpholine rings is 1. The number of benzene rings is 2. The van der Waals surface area contributed by atoms with Crippen LogP contribution in [0.4, 0.5) is 0 Å². The normalized spacial score (nSPS) is 18.5. The lowest BCUT2D eigenvalue weighted by Gasteiger charge is -2.35. The van der Waals surface area contributed by atoms with E-state index >= 15 is 0 Å². The lowest BCUT2D eigenvalue weighted by molar-refractivity contribution is -0.0126. The highest BCUT2D eigenvalue weighted by Crippen LogP contribution is 2.18. The molecule has 1 atom stereocenters. The summed E-state index contributed by atoms with van der Waals surface area (Å²) < 4.78 is 5.60. The van der Waals surface area contributed by atoms with Crippen molar-refractivity contribution in [3.05, 3.63) is 71.3 Å². The van der Waals surface area contributed by atoms with E-state index in [1.807, 2.05) is 54.6 Å². The quantitative estimate of drug-likeness (QED) is 0.830. The minimum atomic E-state index is 0.0615. The molecule has 3 rings (SSSR count). The maximum absolute atomic E-state index is 12.5. The van der Waals surface area contributed by atoms with Crippen LogP contribution >= 0.6 is 0 Å². The lowest BCUT2D eigenvalue weighted by atomic mass is 10.0. The number of carbonyl (C=O) groups excluding carboxylic acids is 1. The summed E-state index contributed by atoms with van der Waals surface area (Å²) in [6.07, 6.45) is 0.471. The van der Waals surface area contributed by atoms with Gasteiger partial charge in [-0.05, 0) is 11.1 Å². The number of hydrogen-bond donors (Lipinski definition) is 1. The molecule has 0 radical (unpaired) electrons. The average Bonchev–Trinajstić information content (AvgIpc) is 2.64. The molecule has 4 nitrogen and oxygen atoms in total. The van der Waals surface area contributed by atoms with Gasteiger partial charge in [-0.3, -0.25) is 9.69 Å². The molecule has 2 aromatic carbocycles. The molecule has 0 amide bonds. The molecule has 1 heterocycles. The first-order valence-electron chi connectivity index (χ1n) is 8.35. The number of hydrogen-bond acceptors (Lipinski definition) is 4. The van der Waals surface area contributed by atoms with Crippen LogP contribution in [-0.4, -0.2) is 41.6 Å². The second-order valence-electron chi connectivity index (χ2n) is 6.17. The van der Waals surface area contributed by atoms with Gasteiger partial charge in [0.2, 0.25) is 0 Å². The summed E-state index contributed by atoms with van der Waals surface area (Å²) in [5.74, 6) is 0.159. The molecule has 1 aliphatic rings. The van der Waals surface area contributed by atoms with Gasteiger partial charge >= 0.3 is 0 Å². The largest absolute Gasteiger partial charge is 0.392 e. The fraction of sp³-hybridized carbons (Fsp3) is 0.350. The van der Waals surface area contributed by atoms with Gasteiger partial charge in [-0.15, -0.1) is 0 Å². The summed E-state index contributed by atoms with van der Waals surface area (Å²) in [5, 5.41) is 9.13. The Morgan fingerprint density at radius 3 is 2.50 bits per heavy atom. The van der Waals surface area contributed by atoms with E-state index in [2.05, 4.69) is 4.90 Å². The SMILES string of the molecule is O=C(CC1COCCN1Cc1ccc(CO)cc1)c1ccccc1. The van der Waals surface area contributed by atoms with Gasteiger partial charge in [0.1, 0.15) is 0 Å². The molecule has 0 aromatic heterocycles. The maximum Gasteiger partial charge on any atom is 0.164 e. The van der Waals surface area contributed by atoms with E-state index in [9.17, 15) is 4.79 Å². The molecule has 1 fully saturated rings. The van der Waals surface area contributed by atoms with E-state index < -0.39 is 0 Å². The lowest BCUT2D eigenvalue weighted by Crippen LogP contribution is -2.45. The first-order chi connectivity index (χ1) is 11.8. The molecule has 24 heavy (non-hydrogen) atoms. The highest BCUT2D eigenvalue weighted by Gasteiger charge is 2.25. The minimum Gasteiger partial charge on any atom is -0.392 e. The zero-order valence-corrected chi connectivity index (χ0v) is 13.7. The van der Waals surface area contributed by atoms with Crippen molar-refractivity contribution in [3.63, 3.8) is 0 Å². The third kappa shape index (κ3) is 4.29. The molecule has 0 saturated carbocycles. The highest BCUT2D eigenvalue weighted by molar-refractivity contribution is 5.96. The molecule has 0 spiro atoms. The Kier molecular flexibility index (Phi) is 5.75. The number of Topliss-reactive ketones (excluding diaryl/α,β-unsaturated/α-hetero) is 1. The van der Waals surface area contributed by atoms with Crippen molar-refractivity contribution in [2.75, 3.05) is 19.8 Å². The Morgan fingerprint density at radius 1 is 1.08 bits per heavy atom. The molecule has 0 aliphatic carbocycles. The van der Waals surface area contributed by atoms with Crippen LogP contribution in [0.1, 0.15) is 27.9 Å². The fourth-order valence-electron chi connectivity index (χ4n) is 3.03. The Hall–Kier alpha value is -2.01. The Labute approximate surface area is 142 Å². The van der Waals surface area contributed by atoms with Gasteiger partial charge in [0, 0.05) is 31.1 Å². The summed E-state index contributed by atoms with van der Waals surface area (Å²) in [4.78, 5) is 14.8. The van der Waals surface area contributed by atoms with Gasteiger partial charge < -0.3 is 9.84 Å². The molecule has 4 heteroatoms. The first-order valence-corrected chi connectivity index (χ1v) is 8.35. The van der Waals surface area contributed by atoms with Crippen molar-refractivity contribution in [2.45, 2.75) is 25.6 Å². The van der Waals surface area contributed by atoms with Gasteiger partial charge in [0.15, 0.2) is 5.78 Å². The van der Waals surface area contributed by atoms with E-state index in [-0.39, 0.29) is 18.4 Å². The second-order valence-corrected chi connectivity index (χ2v) is 6.17. The molecule has 0 bridgehead atoms. The van der Waals surface area contributed by atoms with Crippen LogP contribution < -0.4 is 0 Å². The van der Waals surface area contributed by atoms with Crippen LogP contribution in [0.2, 0.25) is 0 Å². The van der Waals surface area contributed by atoms with Crippen molar-refractivity contribution in [2.24, 2.45) is 0 Å². The molecular weight excluding hydrogens is 302 g/mol. The monoisotopic (exact) mass is 325 g/mol. The van der Waals surface area contributed by atoms with Gasteiger partial charge in [-0.2, -0.15) is 0 Å². The zero-order valence-electron chi connectivity index (χ0n) is 13.7. The predicted molar refractivity (Wildman–Crippen MR) is 92.8 cm³/mol. The zero-order chi connectivity index (χ0) is 16.8. The highest BCUT2D eigenvalue weighted by atomic mass is 16.5. The summed E-state index contributed by atoms with van der Waals surface area (Å²) in [6.45, 7) is 2.97. The average molecular weight is 325 g/mol. The van der Waals surface area contributed by atoms with Crippen LogP contribution in [0.5, 0.6) is 0 Å². The number of ether oxygens (including phenoxy) is 1. The number of rotatable bonds is 6. The topological polar surface area (TPSA) is 49.8 Å². The smallest absolute Gasteiger partial charge is 0.164 e. The molecular formula is C20H23NO3. The molecule has 126 valence electrons. The van der Waals surface area contributed by atoms with E-state index in [0.29, 0.717) is 19.6 Å². The van der Waals surface area contributed by atoms with Crippen LogP contribution in [0.25, 0.3) is 0 Å². The molecule has 1 unspecified atom stereocenters. The van der Waals surface area contributed by atoms with Crippen LogP contribution in [0, 0.1) is 0 Å². The number of nitrogens with zero attached hydrogens (tertiary/aromatic N) is 1. The van der Waals surface area contributed by atoms with E-state index in [1.54, 1.807) is 0 Å². The Bertz CT molecular complexity index is 654. The number of aliphatic hydroxyl groups is 1. The van der Waals surface area contributed by atoms with Crippen LogP contribution in [0.15, 0.2) is 54.6 Å². The van der Waals surface area contributed by atoms with Crippen molar-refractivity contribution in [1.82, 2.24) is 4.90 Å². The van der Waals surface area contributed by atoms with Crippen molar-refractivity contribution in [3.8, 4) is 0 Å². The summed E-state index contributed by atoms with van der Waals surface area (Å²) in [7, 11) is 0. The molecule has 1 aliphatic heterocycles. The van der Waals surface area contributed by atoms with E-state index in [0.717, 1.165) is 24.2 Å². The Balaban J connectivity index is 1.65. The Morgan fingerprint density at radius 2 is 1.79 bits per heavy atom. The van der Waals surface area contributed by atoms with Gasteiger partial charge in [-0.1, -0.05) is 54.6 Å². The van der Waals surface area contributed by atoms with Crippen molar-refractivity contribution in [1.29, 1.82) is 0 Å². The maximum atomic E-state index is 12.5. The number of aliphatic hydroxyl groups excluding tert-OH is 1. The van der Waals surface area contributed by atoms with E-state index in [4.69, 9.17) is 9.84 Å². The van der Waals surface area contributed by atoms with Gasteiger partial charge in [0.05, 0.1) is 19.8 Å². The fourth-order valence-corrected chi connectivity index (χ4v) is 3.03. The number of carbonyl (C=O) groups is 1. The third-order valence-corrected chi connectivity index (χ3v) is 4.46.